The molecule has 2 heterocycles. The van der Waals surface area contributed by atoms with E-state index in [2.05, 4.69) is 18.4 Å². The Kier molecular flexibility index (Phi) is 4.78. The number of fused-ring (bicyclic) bond motifs is 1. The Morgan fingerprint density at radius 1 is 1.56 bits per heavy atom. The van der Waals surface area contributed by atoms with E-state index in [0.717, 1.165) is 32.2 Å². The van der Waals surface area contributed by atoms with Crippen LogP contribution in [0, 0.1) is 0 Å². The van der Waals surface area contributed by atoms with Gasteiger partial charge in [0.1, 0.15) is 0 Å². The topological polar surface area (TPSA) is 40.5 Å². The number of hydrogen-bond donors (Lipinski definition) is 1. The number of carbonyl (C=O) groups is 1. The number of nitrogens with zero attached hydrogens (tertiary/aromatic N) is 1. The molecule has 0 fully saturated rings. The van der Waals surface area contributed by atoms with Crippen molar-refractivity contribution in [1.29, 1.82) is 0 Å². The van der Waals surface area contributed by atoms with Gasteiger partial charge in [-0.05, 0) is 42.7 Å². The minimum absolute atomic E-state index is 0.180. The van der Waals surface area contributed by atoms with Crippen molar-refractivity contribution in [1.82, 2.24) is 4.90 Å². The standard InChI is InChI=1S/C14H21NO2S/c1-2-12-11-7-10-18-13(11)6-8-15(12)14(17)5-3-4-9-16/h7,10,12,16H,2-6,8-9H2,1H3. The molecule has 2 rings (SSSR count). The Bertz CT molecular complexity index is 402. The van der Waals surface area contributed by atoms with Gasteiger partial charge in [0, 0.05) is 24.4 Å². The van der Waals surface area contributed by atoms with Crippen molar-refractivity contribution in [3.8, 4) is 0 Å². The number of rotatable bonds is 5. The number of aliphatic hydroxyl groups excluding tert-OH is 1. The zero-order valence-electron chi connectivity index (χ0n) is 10.9. The van der Waals surface area contributed by atoms with E-state index in [1.54, 1.807) is 0 Å². The van der Waals surface area contributed by atoms with Crippen molar-refractivity contribution in [2.45, 2.75) is 45.1 Å². The second-order valence-corrected chi connectivity index (χ2v) is 5.74. The molecule has 0 saturated carbocycles. The number of thiophene rings is 1. The van der Waals surface area contributed by atoms with Gasteiger partial charge in [0.25, 0.3) is 0 Å². The molecule has 0 aromatic carbocycles. The molecule has 1 N–H and O–H groups in total. The first-order valence-electron chi connectivity index (χ1n) is 6.74. The second kappa shape index (κ2) is 6.34. The first-order valence-corrected chi connectivity index (χ1v) is 7.62. The van der Waals surface area contributed by atoms with E-state index < -0.39 is 0 Å². The minimum Gasteiger partial charge on any atom is -0.396 e. The summed E-state index contributed by atoms with van der Waals surface area (Å²) in [7, 11) is 0. The Labute approximate surface area is 112 Å². The minimum atomic E-state index is 0.180. The Hall–Kier alpha value is -0.870. The van der Waals surface area contributed by atoms with Crippen molar-refractivity contribution in [3.05, 3.63) is 21.9 Å². The van der Waals surface area contributed by atoms with Gasteiger partial charge in [0.05, 0.1) is 6.04 Å². The fourth-order valence-electron chi connectivity index (χ4n) is 2.67. The molecule has 18 heavy (non-hydrogen) atoms. The largest absolute Gasteiger partial charge is 0.396 e. The Balaban J connectivity index is 2.03. The van der Waals surface area contributed by atoms with Crippen molar-refractivity contribution in [3.63, 3.8) is 0 Å². The molecule has 0 saturated heterocycles. The van der Waals surface area contributed by atoms with Gasteiger partial charge in [-0.1, -0.05) is 6.92 Å². The molecule has 0 spiro atoms. The summed E-state index contributed by atoms with van der Waals surface area (Å²) >= 11 is 1.81. The zero-order valence-corrected chi connectivity index (χ0v) is 11.7. The first kappa shape index (κ1) is 13.6. The summed E-state index contributed by atoms with van der Waals surface area (Å²) < 4.78 is 0. The predicted molar refractivity (Wildman–Crippen MR) is 73.7 cm³/mol. The molecule has 0 radical (unpaired) electrons. The van der Waals surface area contributed by atoms with Crippen molar-refractivity contribution in [2.75, 3.05) is 13.2 Å². The Morgan fingerprint density at radius 2 is 2.39 bits per heavy atom. The molecule has 0 aliphatic carbocycles. The van der Waals surface area contributed by atoms with E-state index in [1.165, 1.54) is 10.4 Å². The van der Waals surface area contributed by atoms with Gasteiger partial charge in [-0.25, -0.2) is 0 Å². The normalized spacial score (nSPS) is 18.8. The molecule has 1 amide bonds. The van der Waals surface area contributed by atoms with Crippen LogP contribution in [0.2, 0.25) is 0 Å². The van der Waals surface area contributed by atoms with Gasteiger partial charge in [-0.2, -0.15) is 0 Å². The summed E-state index contributed by atoms with van der Waals surface area (Å²) in [6.45, 7) is 3.18. The molecule has 3 nitrogen and oxygen atoms in total. The van der Waals surface area contributed by atoms with E-state index in [4.69, 9.17) is 5.11 Å². The lowest BCUT2D eigenvalue weighted by molar-refractivity contribution is -0.134. The quantitative estimate of drug-likeness (QED) is 0.833. The number of aliphatic hydroxyl groups is 1. The fraction of sp³-hybridized carbons (Fsp3) is 0.643. The van der Waals surface area contributed by atoms with Crippen molar-refractivity contribution in [2.24, 2.45) is 0 Å². The van der Waals surface area contributed by atoms with Gasteiger partial charge < -0.3 is 10.0 Å². The SMILES string of the molecule is CCC1c2ccsc2CCN1C(=O)CCCCO. The van der Waals surface area contributed by atoms with Crippen LogP contribution in [0.25, 0.3) is 0 Å². The van der Waals surface area contributed by atoms with Crippen LogP contribution in [0.5, 0.6) is 0 Å². The summed E-state index contributed by atoms with van der Waals surface area (Å²) in [5.74, 6) is 0.243. The lowest BCUT2D eigenvalue weighted by Crippen LogP contribution is -2.39. The summed E-state index contributed by atoms with van der Waals surface area (Å²) in [6, 6.07) is 2.43. The molecular weight excluding hydrogens is 246 g/mol. The second-order valence-electron chi connectivity index (χ2n) is 4.74. The van der Waals surface area contributed by atoms with Crippen LogP contribution in [0.15, 0.2) is 11.4 Å². The molecule has 1 aromatic rings. The van der Waals surface area contributed by atoms with Crippen LogP contribution in [0.4, 0.5) is 0 Å². The summed E-state index contributed by atoms with van der Waals surface area (Å²) in [5, 5.41) is 10.9. The first-order chi connectivity index (χ1) is 8.77. The third-order valence-electron chi connectivity index (χ3n) is 3.60. The van der Waals surface area contributed by atoms with Crippen LogP contribution in [-0.4, -0.2) is 29.1 Å². The highest BCUT2D eigenvalue weighted by molar-refractivity contribution is 7.10. The summed E-state index contributed by atoms with van der Waals surface area (Å²) in [6.07, 6.45) is 4.06. The molecule has 1 aliphatic heterocycles. The van der Waals surface area contributed by atoms with Gasteiger partial charge in [0.2, 0.25) is 5.91 Å². The van der Waals surface area contributed by atoms with Crippen LogP contribution in [0.1, 0.15) is 49.1 Å². The van der Waals surface area contributed by atoms with E-state index in [1.807, 2.05) is 16.2 Å². The average molecular weight is 267 g/mol. The smallest absolute Gasteiger partial charge is 0.223 e. The maximum atomic E-state index is 12.2. The van der Waals surface area contributed by atoms with Gasteiger partial charge >= 0.3 is 0 Å². The predicted octanol–water partition coefficient (Wildman–Crippen LogP) is 2.75. The number of amides is 1. The van der Waals surface area contributed by atoms with E-state index in [9.17, 15) is 4.79 Å². The molecule has 4 heteroatoms. The van der Waals surface area contributed by atoms with Crippen LogP contribution >= 0.6 is 11.3 Å². The van der Waals surface area contributed by atoms with Crippen LogP contribution in [-0.2, 0) is 11.2 Å². The van der Waals surface area contributed by atoms with Crippen LogP contribution < -0.4 is 0 Å². The number of hydrogen-bond acceptors (Lipinski definition) is 3. The van der Waals surface area contributed by atoms with E-state index in [0.29, 0.717) is 6.42 Å². The highest BCUT2D eigenvalue weighted by atomic mass is 32.1. The van der Waals surface area contributed by atoms with Crippen molar-refractivity contribution < 1.29 is 9.90 Å². The third-order valence-corrected chi connectivity index (χ3v) is 4.60. The third kappa shape index (κ3) is 2.75. The molecule has 0 bridgehead atoms. The highest BCUT2D eigenvalue weighted by Crippen LogP contribution is 2.35. The summed E-state index contributed by atoms with van der Waals surface area (Å²) in [4.78, 5) is 15.7. The van der Waals surface area contributed by atoms with Crippen LogP contribution in [0.3, 0.4) is 0 Å². The van der Waals surface area contributed by atoms with Crippen molar-refractivity contribution >= 4 is 17.2 Å². The molecule has 100 valence electrons. The maximum absolute atomic E-state index is 12.2. The van der Waals surface area contributed by atoms with E-state index in [-0.39, 0.29) is 18.6 Å². The summed E-state index contributed by atoms with van der Waals surface area (Å²) in [5.41, 5.74) is 1.35. The molecular formula is C14H21NO2S. The van der Waals surface area contributed by atoms with Gasteiger partial charge in [0.15, 0.2) is 0 Å². The zero-order chi connectivity index (χ0) is 13.0. The van der Waals surface area contributed by atoms with Gasteiger partial charge in [-0.15, -0.1) is 11.3 Å². The molecule has 1 atom stereocenters. The Morgan fingerprint density at radius 3 is 3.11 bits per heavy atom. The highest BCUT2D eigenvalue weighted by Gasteiger charge is 2.29. The lowest BCUT2D eigenvalue weighted by Gasteiger charge is -2.35. The van der Waals surface area contributed by atoms with Gasteiger partial charge in [-0.3, -0.25) is 4.79 Å². The lowest BCUT2D eigenvalue weighted by atomic mass is 9.97. The number of unbranched alkanes of at least 4 members (excludes halogenated alkanes) is 1. The maximum Gasteiger partial charge on any atom is 0.223 e. The number of carbonyl (C=O) groups excluding carboxylic acids is 1. The monoisotopic (exact) mass is 267 g/mol. The molecule has 1 unspecified atom stereocenters. The molecule has 1 aromatic heterocycles. The average Bonchev–Trinajstić information content (AvgIpc) is 2.85. The van der Waals surface area contributed by atoms with E-state index >= 15 is 0 Å². The fourth-order valence-corrected chi connectivity index (χ4v) is 3.60. The molecule has 1 aliphatic rings.